The van der Waals surface area contributed by atoms with E-state index in [0.717, 1.165) is 6.42 Å². The van der Waals surface area contributed by atoms with E-state index in [2.05, 4.69) is 95.1 Å². The van der Waals surface area contributed by atoms with E-state index in [1.807, 2.05) is 11.8 Å². The molecular weight excluding hydrogens is 480 g/mol. The number of hydrogen-bond donors (Lipinski definition) is 0. The van der Waals surface area contributed by atoms with Crippen LogP contribution in [0.1, 0.15) is 44.2 Å². The van der Waals surface area contributed by atoms with E-state index in [-0.39, 0.29) is 0 Å². The van der Waals surface area contributed by atoms with Gasteiger partial charge in [0.05, 0.1) is 9.06 Å². The molecule has 0 N–H and O–H groups in total. The van der Waals surface area contributed by atoms with Crippen LogP contribution >= 0.6 is 43.6 Å². The normalized spacial score (nSPS) is 25.8. The average molecular weight is 500 g/mol. The molecule has 0 bridgehead atoms. The molecule has 1 aliphatic heterocycles. The lowest BCUT2D eigenvalue weighted by molar-refractivity contribution is 0.797. The van der Waals surface area contributed by atoms with Crippen LogP contribution in [0.5, 0.6) is 0 Å². The second-order valence-corrected chi connectivity index (χ2v) is 11.2. The summed E-state index contributed by atoms with van der Waals surface area (Å²) in [4.78, 5) is 0. The highest BCUT2D eigenvalue weighted by molar-refractivity contribution is 9.14. The number of halogens is 2. The molecule has 4 aliphatic rings. The Balaban J connectivity index is 1.51. The van der Waals surface area contributed by atoms with Crippen molar-refractivity contribution in [2.24, 2.45) is 0 Å². The molecule has 1 aromatic rings. The number of allylic oxidation sites excluding steroid dienone is 8. The van der Waals surface area contributed by atoms with Gasteiger partial charge in [0.2, 0.25) is 0 Å². The molecule has 0 radical (unpaired) electrons. The average Bonchev–Trinajstić information content (AvgIpc) is 3.25. The molecule has 3 aliphatic carbocycles. The summed E-state index contributed by atoms with van der Waals surface area (Å²) in [5, 5.41) is 0.453. The fraction of sp³-hybridized carbons (Fsp3) is 0.250. The first-order valence-corrected chi connectivity index (χ1v) is 11.8. The maximum absolute atomic E-state index is 3.73. The largest absolute Gasteiger partial charge is 0.106 e. The lowest BCUT2D eigenvalue weighted by atomic mass is 9.82. The Morgan fingerprint density at radius 3 is 2.63 bits per heavy atom. The van der Waals surface area contributed by atoms with E-state index in [4.69, 9.17) is 0 Å². The van der Waals surface area contributed by atoms with Crippen molar-refractivity contribution in [2.75, 3.05) is 0 Å². The molecule has 0 saturated heterocycles. The highest BCUT2D eigenvalue weighted by Gasteiger charge is 2.34. The number of benzene rings is 1. The SMILES string of the molecule is CC1=Cc2c(Br)cccc2C1CC1=C(C)C=C2C1=CC1SC(Br)=CC1=C2C. The molecule has 0 nitrogen and oxygen atoms in total. The van der Waals surface area contributed by atoms with Crippen molar-refractivity contribution in [1.82, 2.24) is 0 Å². The van der Waals surface area contributed by atoms with Gasteiger partial charge in [0.25, 0.3) is 0 Å². The fourth-order valence-electron chi connectivity index (χ4n) is 4.76. The van der Waals surface area contributed by atoms with E-state index < -0.39 is 0 Å². The Bertz CT molecular complexity index is 1080. The lowest BCUT2D eigenvalue weighted by Crippen LogP contribution is -2.11. The third-order valence-electron chi connectivity index (χ3n) is 6.21. The summed E-state index contributed by atoms with van der Waals surface area (Å²) in [6, 6.07) is 6.61. The van der Waals surface area contributed by atoms with Gasteiger partial charge < -0.3 is 0 Å². The van der Waals surface area contributed by atoms with Crippen molar-refractivity contribution in [3.8, 4) is 0 Å². The zero-order chi connectivity index (χ0) is 18.9. The maximum Gasteiger partial charge on any atom is 0.0542 e. The van der Waals surface area contributed by atoms with Crippen molar-refractivity contribution < 1.29 is 0 Å². The van der Waals surface area contributed by atoms with Gasteiger partial charge in [0.15, 0.2) is 0 Å². The molecule has 0 spiro atoms. The number of fused-ring (bicyclic) bond motifs is 3. The van der Waals surface area contributed by atoms with E-state index >= 15 is 0 Å². The topological polar surface area (TPSA) is 0 Å². The van der Waals surface area contributed by atoms with Crippen molar-refractivity contribution in [3.63, 3.8) is 0 Å². The van der Waals surface area contributed by atoms with Gasteiger partial charge in [-0.25, -0.2) is 0 Å². The quantitative estimate of drug-likeness (QED) is 0.395. The Hall–Kier alpha value is -1.03. The molecule has 136 valence electrons. The van der Waals surface area contributed by atoms with Crippen LogP contribution in [0.25, 0.3) is 6.08 Å². The first-order valence-electron chi connectivity index (χ1n) is 9.29. The molecule has 2 unspecified atom stereocenters. The van der Waals surface area contributed by atoms with Gasteiger partial charge in [-0.05, 0) is 99.8 Å². The van der Waals surface area contributed by atoms with E-state index in [9.17, 15) is 0 Å². The molecule has 2 atom stereocenters. The summed E-state index contributed by atoms with van der Waals surface area (Å²) in [5.41, 5.74) is 13.0. The molecule has 1 heterocycles. The summed E-state index contributed by atoms with van der Waals surface area (Å²) in [6.45, 7) is 6.85. The Labute approximate surface area is 182 Å². The molecule has 1 aromatic carbocycles. The van der Waals surface area contributed by atoms with Gasteiger partial charge in [-0.3, -0.25) is 0 Å². The first kappa shape index (κ1) is 18.0. The highest BCUT2D eigenvalue weighted by atomic mass is 79.9. The Morgan fingerprint density at radius 1 is 1.00 bits per heavy atom. The van der Waals surface area contributed by atoms with Crippen LogP contribution in [0.4, 0.5) is 0 Å². The minimum atomic E-state index is 0.453. The van der Waals surface area contributed by atoms with Crippen molar-refractivity contribution in [3.05, 3.63) is 94.9 Å². The first-order chi connectivity index (χ1) is 12.9. The van der Waals surface area contributed by atoms with Gasteiger partial charge in [-0.1, -0.05) is 51.9 Å². The molecule has 0 aromatic heterocycles. The summed E-state index contributed by atoms with van der Waals surface area (Å²) in [7, 11) is 0. The Kier molecular flexibility index (Phi) is 4.34. The van der Waals surface area contributed by atoms with Crippen molar-refractivity contribution >= 4 is 49.7 Å². The van der Waals surface area contributed by atoms with Crippen LogP contribution in [0, 0.1) is 0 Å². The molecule has 27 heavy (non-hydrogen) atoms. The predicted octanol–water partition coefficient (Wildman–Crippen LogP) is 8.20. The summed E-state index contributed by atoms with van der Waals surface area (Å²) in [6.07, 6.45) is 10.6. The summed E-state index contributed by atoms with van der Waals surface area (Å²) in [5.74, 6) is 0.475. The summed E-state index contributed by atoms with van der Waals surface area (Å²) < 4.78 is 2.45. The lowest BCUT2D eigenvalue weighted by Gasteiger charge is -2.24. The standard InChI is InChI=1S/C24H20Br2S/c1-12-7-18-14(3)19-11-24(26)27-23(19)10-20(18)17(12)9-16-13(2)8-21-15(16)5-4-6-22(21)25/h4-8,10-11,16,23H,9H2,1-3H3. The van der Waals surface area contributed by atoms with E-state index in [1.54, 1.807) is 0 Å². The van der Waals surface area contributed by atoms with Gasteiger partial charge in [-0.2, -0.15) is 0 Å². The van der Waals surface area contributed by atoms with Gasteiger partial charge in [-0.15, -0.1) is 11.8 Å². The van der Waals surface area contributed by atoms with Crippen LogP contribution in [0.15, 0.2) is 83.7 Å². The smallest absolute Gasteiger partial charge is 0.0542 e. The van der Waals surface area contributed by atoms with Crippen molar-refractivity contribution in [1.29, 1.82) is 0 Å². The predicted molar refractivity (Wildman–Crippen MR) is 125 cm³/mol. The van der Waals surface area contributed by atoms with Crippen LogP contribution in [0.3, 0.4) is 0 Å². The third-order valence-corrected chi connectivity index (χ3v) is 8.68. The minimum Gasteiger partial charge on any atom is -0.106 e. The molecule has 5 rings (SSSR count). The second kappa shape index (κ2) is 6.50. The molecule has 0 amide bonds. The number of thioether (sulfide) groups is 1. The molecular formula is C24H20Br2S. The zero-order valence-corrected chi connectivity index (χ0v) is 19.6. The monoisotopic (exact) mass is 498 g/mol. The van der Waals surface area contributed by atoms with Crippen LogP contribution < -0.4 is 0 Å². The van der Waals surface area contributed by atoms with E-state index in [0.29, 0.717) is 11.2 Å². The Morgan fingerprint density at radius 2 is 1.81 bits per heavy atom. The van der Waals surface area contributed by atoms with Gasteiger partial charge in [0.1, 0.15) is 0 Å². The van der Waals surface area contributed by atoms with Crippen LogP contribution in [-0.4, -0.2) is 5.25 Å². The highest BCUT2D eigenvalue weighted by Crippen LogP contribution is 2.52. The zero-order valence-electron chi connectivity index (χ0n) is 15.6. The van der Waals surface area contributed by atoms with Crippen molar-refractivity contribution in [2.45, 2.75) is 38.4 Å². The third kappa shape index (κ3) is 2.77. The molecule has 0 saturated carbocycles. The van der Waals surface area contributed by atoms with E-state index in [1.165, 1.54) is 58.4 Å². The van der Waals surface area contributed by atoms with Gasteiger partial charge in [0, 0.05) is 10.4 Å². The van der Waals surface area contributed by atoms with Gasteiger partial charge >= 0.3 is 0 Å². The molecule has 0 fully saturated rings. The summed E-state index contributed by atoms with van der Waals surface area (Å²) >= 11 is 9.33. The second-order valence-electron chi connectivity index (χ2n) is 7.75. The number of rotatable bonds is 2. The maximum atomic E-state index is 3.73. The minimum absolute atomic E-state index is 0.453. The fourth-order valence-corrected chi connectivity index (χ4v) is 7.12. The van der Waals surface area contributed by atoms with Crippen LogP contribution in [-0.2, 0) is 0 Å². The molecule has 3 heteroatoms. The van der Waals surface area contributed by atoms with Crippen LogP contribution in [0.2, 0.25) is 0 Å². The number of hydrogen-bond acceptors (Lipinski definition) is 1.